The molecule has 0 bridgehead atoms. The summed E-state index contributed by atoms with van der Waals surface area (Å²) in [5.74, 6) is 0.0563. The van der Waals surface area contributed by atoms with Crippen molar-refractivity contribution >= 4 is 28.8 Å². The highest BCUT2D eigenvalue weighted by molar-refractivity contribution is 7.10. The molecule has 3 heterocycles. The van der Waals surface area contributed by atoms with Crippen LogP contribution in [-0.2, 0) is 20.8 Å². The van der Waals surface area contributed by atoms with Crippen molar-refractivity contribution in [3.8, 4) is 0 Å². The minimum Gasteiger partial charge on any atom is -0.379 e. The Balaban J connectivity index is 1.36. The van der Waals surface area contributed by atoms with E-state index in [4.69, 9.17) is 21.1 Å². The maximum Gasteiger partial charge on any atom is 0.222 e. The van der Waals surface area contributed by atoms with Crippen LogP contribution >= 0.6 is 22.9 Å². The molecule has 1 aliphatic carbocycles. The fourth-order valence-electron chi connectivity index (χ4n) is 3.93. The normalized spacial score (nSPS) is 28.8. The lowest BCUT2D eigenvalue weighted by Gasteiger charge is -2.54. The van der Waals surface area contributed by atoms with Gasteiger partial charge >= 0.3 is 0 Å². The monoisotopic (exact) mass is 385 g/mol. The Kier molecular flexibility index (Phi) is 5.29. The Bertz CT molecular complexity index is 616. The summed E-state index contributed by atoms with van der Waals surface area (Å²) >= 11 is 7.79. The average Bonchev–Trinajstić information content (AvgIpc) is 3.18. The maximum absolute atomic E-state index is 12.3. The molecule has 1 saturated carbocycles. The van der Waals surface area contributed by atoms with Crippen molar-refractivity contribution in [1.29, 1.82) is 0 Å². The Labute approximate surface area is 156 Å². The van der Waals surface area contributed by atoms with Gasteiger partial charge in [0.2, 0.25) is 5.91 Å². The zero-order chi connectivity index (χ0) is 17.3. The van der Waals surface area contributed by atoms with Crippen LogP contribution in [0.3, 0.4) is 0 Å². The average molecular weight is 386 g/mol. The molecule has 2 unspecified atom stereocenters. The van der Waals surface area contributed by atoms with Crippen molar-refractivity contribution in [2.45, 2.75) is 56.3 Å². The molecule has 0 aromatic carbocycles. The number of aromatic nitrogens is 1. The Hall–Kier alpha value is -0.730. The number of nitrogens with zero attached hydrogens (tertiary/aromatic N) is 2. The van der Waals surface area contributed by atoms with Crippen molar-refractivity contribution < 1.29 is 14.3 Å². The highest BCUT2D eigenvalue weighted by atomic mass is 35.5. The number of carbonyl (C=O) groups is 1. The van der Waals surface area contributed by atoms with Crippen LogP contribution in [0.25, 0.3) is 0 Å². The summed E-state index contributed by atoms with van der Waals surface area (Å²) in [4.78, 5) is 20.0. The minimum atomic E-state index is -0.0692. The highest BCUT2D eigenvalue weighted by Gasteiger charge is 2.47. The lowest BCUT2D eigenvalue weighted by Crippen LogP contribution is -2.62. The number of thiazole rings is 1. The van der Waals surface area contributed by atoms with E-state index in [1.807, 2.05) is 0 Å². The van der Waals surface area contributed by atoms with Gasteiger partial charge in [0.15, 0.2) is 0 Å². The fraction of sp³-hybridized carbons (Fsp3) is 0.765. The number of rotatable bonds is 5. The minimum absolute atomic E-state index is 0.0563. The first-order valence-electron chi connectivity index (χ1n) is 8.96. The first-order chi connectivity index (χ1) is 12.1. The molecule has 0 radical (unpaired) electrons. The summed E-state index contributed by atoms with van der Waals surface area (Å²) in [6.07, 6.45) is 4.78. The molecule has 1 amide bonds. The van der Waals surface area contributed by atoms with Crippen molar-refractivity contribution in [3.05, 3.63) is 15.5 Å². The van der Waals surface area contributed by atoms with E-state index in [0.29, 0.717) is 24.8 Å². The van der Waals surface area contributed by atoms with Crippen LogP contribution in [0.4, 0.5) is 0 Å². The second kappa shape index (κ2) is 7.48. The van der Waals surface area contributed by atoms with Crippen LogP contribution in [0.15, 0.2) is 5.51 Å². The standard InChI is InChI=1S/C17H24ClN3O3S/c18-16-14(25-11-19-16)8-21-7-13(24-10-17(21)3-1-4-17)6-15(22)20-12-2-5-23-9-12/h11-13H,1-10H2,(H,20,22). The number of hydrogen-bond acceptors (Lipinski definition) is 6. The molecular weight excluding hydrogens is 362 g/mol. The third kappa shape index (κ3) is 3.85. The van der Waals surface area contributed by atoms with E-state index in [-0.39, 0.29) is 23.6 Å². The zero-order valence-corrected chi connectivity index (χ0v) is 15.8. The van der Waals surface area contributed by atoms with Crippen molar-refractivity contribution in [2.75, 3.05) is 26.4 Å². The second-order valence-corrected chi connectivity index (χ2v) is 8.59. The topological polar surface area (TPSA) is 63.7 Å². The van der Waals surface area contributed by atoms with Gasteiger partial charge in [0, 0.05) is 25.2 Å². The molecule has 25 heavy (non-hydrogen) atoms. The Morgan fingerprint density at radius 3 is 3.04 bits per heavy atom. The molecule has 138 valence electrons. The van der Waals surface area contributed by atoms with Gasteiger partial charge in [-0.15, -0.1) is 11.3 Å². The van der Waals surface area contributed by atoms with Crippen LogP contribution < -0.4 is 5.32 Å². The first kappa shape index (κ1) is 17.7. The lowest BCUT2D eigenvalue weighted by molar-refractivity contribution is -0.154. The summed E-state index contributed by atoms with van der Waals surface area (Å²) in [6, 6.07) is 0.154. The van der Waals surface area contributed by atoms with Crippen LogP contribution in [0, 0.1) is 0 Å². The van der Waals surface area contributed by atoms with Gasteiger partial charge in [0.05, 0.1) is 42.2 Å². The van der Waals surface area contributed by atoms with E-state index in [2.05, 4.69) is 15.2 Å². The van der Waals surface area contributed by atoms with Gasteiger partial charge in [-0.2, -0.15) is 0 Å². The van der Waals surface area contributed by atoms with Gasteiger partial charge in [0.25, 0.3) is 0 Å². The molecule has 1 spiro atoms. The van der Waals surface area contributed by atoms with Gasteiger partial charge in [-0.05, 0) is 25.7 Å². The van der Waals surface area contributed by atoms with Crippen LogP contribution in [-0.4, -0.2) is 59.8 Å². The van der Waals surface area contributed by atoms with Gasteiger partial charge in [-0.1, -0.05) is 11.6 Å². The summed E-state index contributed by atoms with van der Waals surface area (Å²) < 4.78 is 11.4. The van der Waals surface area contributed by atoms with E-state index in [1.165, 1.54) is 6.42 Å². The van der Waals surface area contributed by atoms with Gasteiger partial charge in [-0.3, -0.25) is 9.69 Å². The van der Waals surface area contributed by atoms with E-state index in [9.17, 15) is 4.79 Å². The number of nitrogens with one attached hydrogen (secondary N) is 1. The van der Waals surface area contributed by atoms with Gasteiger partial charge in [-0.25, -0.2) is 4.98 Å². The van der Waals surface area contributed by atoms with Crippen molar-refractivity contribution in [2.24, 2.45) is 0 Å². The third-order valence-electron chi connectivity index (χ3n) is 5.60. The largest absolute Gasteiger partial charge is 0.379 e. The molecule has 8 heteroatoms. The molecule has 3 fully saturated rings. The predicted octanol–water partition coefficient (Wildman–Crippen LogP) is 2.22. The molecule has 2 atom stereocenters. The van der Waals surface area contributed by atoms with Crippen LogP contribution in [0.1, 0.15) is 37.0 Å². The molecule has 1 aromatic rings. The fourth-order valence-corrected chi connectivity index (χ4v) is 4.90. The number of ether oxygens (including phenoxy) is 2. The summed E-state index contributed by atoms with van der Waals surface area (Å²) in [6.45, 7) is 3.62. The number of morpholine rings is 1. The van der Waals surface area contributed by atoms with E-state index in [1.54, 1.807) is 16.8 Å². The Morgan fingerprint density at radius 1 is 1.52 bits per heavy atom. The number of halogens is 1. The molecule has 2 aliphatic heterocycles. The highest BCUT2D eigenvalue weighted by Crippen LogP contribution is 2.42. The Morgan fingerprint density at radius 2 is 2.40 bits per heavy atom. The van der Waals surface area contributed by atoms with E-state index in [0.717, 1.165) is 43.8 Å². The predicted molar refractivity (Wildman–Crippen MR) is 95.8 cm³/mol. The van der Waals surface area contributed by atoms with Crippen LogP contribution in [0.5, 0.6) is 0 Å². The smallest absolute Gasteiger partial charge is 0.222 e. The van der Waals surface area contributed by atoms with E-state index >= 15 is 0 Å². The zero-order valence-electron chi connectivity index (χ0n) is 14.2. The molecule has 2 saturated heterocycles. The van der Waals surface area contributed by atoms with Crippen molar-refractivity contribution in [1.82, 2.24) is 15.2 Å². The quantitative estimate of drug-likeness (QED) is 0.841. The van der Waals surface area contributed by atoms with Crippen LogP contribution in [0.2, 0.25) is 5.15 Å². The maximum atomic E-state index is 12.3. The summed E-state index contributed by atoms with van der Waals surface area (Å²) in [5.41, 5.74) is 1.92. The van der Waals surface area contributed by atoms with Gasteiger partial charge in [0.1, 0.15) is 5.15 Å². The SMILES string of the molecule is O=C(CC1CN(Cc2scnc2Cl)C2(CCC2)CO1)NC1CCOC1. The lowest BCUT2D eigenvalue weighted by atomic mass is 9.74. The number of amides is 1. The molecule has 3 aliphatic rings. The van der Waals surface area contributed by atoms with Gasteiger partial charge < -0.3 is 14.8 Å². The molecule has 1 N–H and O–H groups in total. The first-order valence-corrected chi connectivity index (χ1v) is 10.2. The summed E-state index contributed by atoms with van der Waals surface area (Å²) in [7, 11) is 0. The third-order valence-corrected chi connectivity index (χ3v) is 6.86. The molecule has 4 rings (SSSR count). The molecular formula is C17H24ClN3O3S. The van der Waals surface area contributed by atoms with E-state index < -0.39 is 0 Å². The molecule has 1 aromatic heterocycles. The molecule has 6 nitrogen and oxygen atoms in total. The number of hydrogen-bond donors (Lipinski definition) is 1. The van der Waals surface area contributed by atoms with Crippen molar-refractivity contribution in [3.63, 3.8) is 0 Å². The summed E-state index contributed by atoms with van der Waals surface area (Å²) in [5, 5.41) is 3.65. The second-order valence-electron chi connectivity index (χ2n) is 7.29. The number of carbonyl (C=O) groups excluding carboxylic acids is 1.